The zero-order valence-electron chi connectivity index (χ0n) is 8.68. The quantitative estimate of drug-likeness (QED) is 0.496. The van der Waals surface area contributed by atoms with E-state index in [-0.39, 0.29) is 16.7 Å². The average molecular weight is 308 g/mol. The number of aromatic nitrogens is 3. The van der Waals surface area contributed by atoms with Crippen LogP contribution in [0.3, 0.4) is 0 Å². The van der Waals surface area contributed by atoms with E-state index >= 15 is 0 Å². The fraction of sp³-hybridized carbons (Fsp3) is 0.111. The number of hydrogen-bond acceptors (Lipinski definition) is 4. The van der Waals surface area contributed by atoms with Crippen LogP contribution in [0.15, 0.2) is 18.5 Å². The van der Waals surface area contributed by atoms with Crippen LogP contribution in [0, 0.1) is 10.1 Å². The molecule has 0 fully saturated rings. The molecule has 0 amide bonds. The van der Waals surface area contributed by atoms with Gasteiger partial charge < -0.3 is 10.1 Å². The average Bonchev–Trinajstić information content (AvgIpc) is 2.64. The van der Waals surface area contributed by atoms with Gasteiger partial charge in [0.1, 0.15) is 5.15 Å². The highest BCUT2D eigenvalue weighted by molar-refractivity contribution is 6.34. The van der Waals surface area contributed by atoms with Crippen molar-refractivity contribution in [3.63, 3.8) is 0 Å². The molecule has 0 saturated heterocycles. The summed E-state index contributed by atoms with van der Waals surface area (Å²) in [6.45, 7) is 0.219. The molecule has 94 valence electrons. The summed E-state index contributed by atoms with van der Waals surface area (Å²) in [5, 5.41) is 15.0. The third-order valence-electron chi connectivity index (χ3n) is 2.10. The number of nitro groups is 1. The second kappa shape index (κ2) is 5.09. The Morgan fingerprint density at radius 3 is 2.61 bits per heavy atom. The second-order valence-electron chi connectivity index (χ2n) is 3.35. The second-order valence-corrected chi connectivity index (χ2v) is 4.56. The van der Waals surface area contributed by atoms with Crippen molar-refractivity contribution in [1.29, 1.82) is 0 Å². The van der Waals surface area contributed by atoms with Crippen LogP contribution in [0.2, 0.25) is 15.2 Å². The Hall–Kier alpha value is -1.37. The first kappa shape index (κ1) is 13.1. The fourth-order valence-electron chi connectivity index (χ4n) is 1.32. The molecule has 0 N–H and O–H groups in total. The van der Waals surface area contributed by atoms with E-state index in [1.54, 1.807) is 0 Å². The molecule has 2 heterocycles. The van der Waals surface area contributed by atoms with Gasteiger partial charge in [-0.05, 0) is 11.0 Å². The summed E-state index contributed by atoms with van der Waals surface area (Å²) >= 11 is 17.3. The molecule has 0 saturated carbocycles. The molecule has 0 unspecified atom stereocenters. The van der Waals surface area contributed by atoms with Crippen LogP contribution < -0.4 is 0 Å². The molecule has 0 radical (unpaired) electrons. The van der Waals surface area contributed by atoms with Gasteiger partial charge in [-0.15, -0.1) is 0 Å². The van der Waals surface area contributed by atoms with Gasteiger partial charge in [0.15, 0.2) is 5.02 Å². The Morgan fingerprint density at radius 1 is 1.33 bits per heavy atom. The first-order chi connectivity index (χ1) is 8.47. The highest BCUT2D eigenvalue weighted by atomic mass is 35.5. The molecule has 0 spiro atoms. The topological polar surface area (TPSA) is 73.8 Å². The summed E-state index contributed by atoms with van der Waals surface area (Å²) in [5.41, 5.74) is 0.634. The van der Waals surface area contributed by atoms with Gasteiger partial charge in [0.25, 0.3) is 0 Å². The minimum Gasteiger partial charge on any atom is -0.358 e. The predicted molar refractivity (Wildman–Crippen MR) is 67.3 cm³/mol. The van der Waals surface area contributed by atoms with E-state index in [1.165, 1.54) is 23.1 Å². The monoisotopic (exact) mass is 306 g/mol. The van der Waals surface area contributed by atoms with Gasteiger partial charge in [0.05, 0.1) is 22.9 Å². The van der Waals surface area contributed by atoms with Crippen LogP contribution in [0.25, 0.3) is 0 Å². The normalized spacial score (nSPS) is 10.6. The van der Waals surface area contributed by atoms with Crippen LogP contribution >= 0.6 is 34.8 Å². The van der Waals surface area contributed by atoms with Crippen LogP contribution in [-0.2, 0) is 6.54 Å². The van der Waals surface area contributed by atoms with Gasteiger partial charge in [-0.25, -0.2) is 4.98 Å². The van der Waals surface area contributed by atoms with Gasteiger partial charge in [-0.1, -0.05) is 34.8 Å². The standard InChI is InChI=1S/C9H5Cl3N4O2/c10-6-1-8(12)13-2-5(6)3-15-4-7(11)9(14-15)16(17)18/h1-2,4H,3H2. The Morgan fingerprint density at radius 2 is 2.06 bits per heavy atom. The van der Waals surface area contributed by atoms with E-state index in [1.807, 2.05) is 0 Å². The Kier molecular flexibility index (Phi) is 3.70. The van der Waals surface area contributed by atoms with Crippen LogP contribution in [0.4, 0.5) is 5.82 Å². The molecular formula is C9H5Cl3N4O2. The molecule has 0 aliphatic heterocycles. The van der Waals surface area contributed by atoms with Crippen molar-refractivity contribution in [3.8, 4) is 0 Å². The van der Waals surface area contributed by atoms with E-state index in [0.717, 1.165) is 0 Å². The summed E-state index contributed by atoms with van der Waals surface area (Å²) in [7, 11) is 0. The SMILES string of the molecule is O=[N+]([O-])c1nn(Cc2cnc(Cl)cc2Cl)cc1Cl. The molecule has 0 atom stereocenters. The zero-order chi connectivity index (χ0) is 13.3. The molecule has 0 aromatic carbocycles. The van der Waals surface area contributed by atoms with Crippen molar-refractivity contribution in [2.24, 2.45) is 0 Å². The number of rotatable bonds is 3. The summed E-state index contributed by atoms with van der Waals surface area (Å²) in [6.07, 6.45) is 2.83. The Bertz CT molecular complexity index is 614. The summed E-state index contributed by atoms with van der Waals surface area (Å²) in [6, 6.07) is 1.48. The molecule has 0 aliphatic rings. The van der Waals surface area contributed by atoms with Crippen LogP contribution in [0.1, 0.15) is 5.56 Å². The van der Waals surface area contributed by atoms with Gasteiger partial charge >= 0.3 is 5.82 Å². The molecule has 2 aromatic heterocycles. The highest BCUT2D eigenvalue weighted by Crippen LogP contribution is 2.24. The molecule has 0 bridgehead atoms. The molecule has 18 heavy (non-hydrogen) atoms. The summed E-state index contributed by atoms with van der Waals surface area (Å²) in [5.74, 6) is -0.394. The molecule has 6 nitrogen and oxygen atoms in total. The largest absolute Gasteiger partial charge is 0.408 e. The lowest BCUT2D eigenvalue weighted by molar-refractivity contribution is -0.389. The molecule has 0 aliphatic carbocycles. The van der Waals surface area contributed by atoms with Crippen LogP contribution in [-0.4, -0.2) is 19.7 Å². The molecule has 2 aromatic rings. The summed E-state index contributed by atoms with van der Waals surface area (Å²) in [4.78, 5) is 13.8. The zero-order valence-corrected chi connectivity index (χ0v) is 10.9. The maximum atomic E-state index is 10.6. The van der Waals surface area contributed by atoms with Crippen LogP contribution in [0.5, 0.6) is 0 Å². The lowest BCUT2D eigenvalue weighted by Crippen LogP contribution is -2.02. The van der Waals surface area contributed by atoms with Crippen molar-refractivity contribution in [1.82, 2.24) is 14.8 Å². The third-order valence-corrected chi connectivity index (χ3v) is 2.93. The van der Waals surface area contributed by atoms with Gasteiger partial charge in [0, 0.05) is 11.8 Å². The van der Waals surface area contributed by atoms with Crippen molar-refractivity contribution in [2.45, 2.75) is 6.54 Å². The number of halogens is 3. The van der Waals surface area contributed by atoms with Gasteiger partial charge in [-0.3, -0.25) is 0 Å². The molecule has 2 rings (SSSR count). The Labute approximate surface area is 116 Å². The highest BCUT2D eigenvalue weighted by Gasteiger charge is 2.19. The third kappa shape index (κ3) is 2.72. The van der Waals surface area contributed by atoms with Gasteiger partial charge in [0.2, 0.25) is 0 Å². The predicted octanol–water partition coefficient (Wildman–Crippen LogP) is 3.19. The van der Waals surface area contributed by atoms with E-state index in [9.17, 15) is 10.1 Å². The number of hydrogen-bond donors (Lipinski definition) is 0. The molecule has 9 heteroatoms. The van der Waals surface area contributed by atoms with Gasteiger partial charge in [-0.2, -0.15) is 4.68 Å². The minimum atomic E-state index is -0.652. The Balaban J connectivity index is 2.29. The lowest BCUT2D eigenvalue weighted by atomic mass is 10.3. The van der Waals surface area contributed by atoms with Crippen molar-refractivity contribution < 1.29 is 4.92 Å². The summed E-state index contributed by atoms with van der Waals surface area (Å²) < 4.78 is 1.32. The molecular weight excluding hydrogens is 302 g/mol. The lowest BCUT2D eigenvalue weighted by Gasteiger charge is -2.01. The number of nitrogens with zero attached hydrogens (tertiary/aromatic N) is 4. The smallest absolute Gasteiger partial charge is 0.358 e. The van der Waals surface area contributed by atoms with Crippen molar-refractivity contribution >= 4 is 40.6 Å². The fourth-order valence-corrected chi connectivity index (χ4v) is 1.96. The first-order valence-electron chi connectivity index (χ1n) is 4.64. The maximum Gasteiger partial charge on any atom is 0.408 e. The van der Waals surface area contributed by atoms with E-state index in [4.69, 9.17) is 34.8 Å². The van der Waals surface area contributed by atoms with E-state index in [0.29, 0.717) is 10.6 Å². The minimum absolute atomic E-state index is 0.0296. The first-order valence-corrected chi connectivity index (χ1v) is 5.78. The number of pyridine rings is 1. The van der Waals surface area contributed by atoms with E-state index < -0.39 is 10.7 Å². The maximum absolute atomic E-state index is 10.6. The van der Waals surface area contributed by atoms with Crippen molar-refractivity contribution in [3.05, 3.63) is 49.3 Å². The van der Waals surface area contributed by atoms with E-state index in [2.05, 4.69) is 10.1 Å². The van der Waals surface area contributed by atoms with Crippen molar-refractivity contribution in [2.75, 3.05) is 0 Å².